The Bertz CT molecular complexity index is 1120. The van der Waals surface area contributed by atoms with Gasteiger partial charge in [-0.25, -0.2) is 9.97 Å². The van der Waals surface area contributed by atoms with E-state index in [9.17, 15) is 9.59 Å². The normalized spacial score (nSPS) is 15.8. The number of carbonyl (C=O) groups is 2. The number of nitrogens with one attached hydrogen (secondary N) is 1. The van der Waals surface area contributed by atoms with E-state index in [4.69, 9.17) is 10.5 Å². The number of hydrogen-bond donors (Lipinski definition) is 2. The highest BCUT2D eigenvalue weighted by Gasteiger charge is 2.24. The second-order valence-electron chi connectivity index (χ2n) is 7.89. The maximum atomic E-state index is 12.5. The fourth-order valence-electron chi connectivity index (χ4n) is 3.87. The molecule has 0 radical (unpaired) electrons. The summed E-state index contributed by atoms with van der Waals surface area (Å²) in [4.78, 5) is 35.2. The molecule has 0 spiro atoms. The summed E-state index contributed by atoms with van der Waals surface area (Å²) in [5.41, 5.74) is 7.70. The van der Waals surface area contributed by atoms with Crippen LogP contribution in [0.2, 0.25) is 0 Å². The van der Waals surface area contributed by atoms with Gasteiger partial charge in [0.1, 0.15) is 16.6 Å². The van der Waals surface area contributed by atoms with Crippen molar-refractivity contribution in [1.29, 1.82) is 0 Å². The number of benzene rings is 1. The van der Waals surface area contributed by atoms with E-state index in [1.54, 1.807) is 6.20 Å². The van der Waals surface area contributed by atoms with E-state index >= 15 is 0 Å². The fourth-order valence-corrected chi connectivity index (χ4v) is 4.72. The van der Waals surface area contributed by atoms with Crippen LogP contribution in [0, 0.1) is 5.92 Å². The van der Waals surface area contributed by atoms with Gasteiger partial charge in [0.05, 0.1) is 42.1 Å². The van der Waals surface area contributed by atoms with Crippen LogP contribution in [0.1, 0.15) is 25.5 Å². The Morgan fingerprint density at radius 3 is 2.88 bits per heavy atom. The van der Waals surface area contributed by atoms with Gasteiger partial charge in [0.2, 0.25) is 11.8 Å². The maximum Gasteiger partial charge on any atom is 0.230 e. The zero-order valence-electron chi connectivity index (χ0n) is 18.5. The Kier molecular flexibility index (Phi) is 7.19. The highest BCUT2D eigenvalue weighted by Crippen LogP contribution is 2.32. The molecule has 1 aliphatic heterocycles. The van der Waals surface area contributed by atoms with Gasteiger partial charge in [-0.2, -0.15) is 0 Å². The highest BCUT2D eigenvalue weighted by molar-refractivity contribution is 7.13. The Labute approximate surface area is 196 Å². The van der Waals surface area contributed by atoms with Gasteiger partial charge in [0.15, 0.2) is 0 Å². The van der Waals surface area contributed by atoms with E-state index in [-0.39, 0.29) is 24.2 Å². The summed E-state index contributed by atoms with van der Waals surface area (Å²) in [5.74, 6) is 0.980. The molecule has 3 heterocycles. The lowest BCUT2D eigenvalue weighted by Gasteiger charge is -2.32. The third-order valence-electron chi connectivity index (χ3n) is 5.49. The maximum absolute atomic E-state index is 12.5. The summed E-state index contributed by atoms with van der Waals surface area (Å²) in [5, 5.41) is 5.59. The molecule has 172 valence electrons. The molecule has 4 rings (SSSR count). The molecular formula is C24H27N5O3S. The number of nitrogens with two attached hydrogens (primary N) is 1. The molecule has 1 aromatic carbocycles. The molecule has 2 amide bonds. The summed E-state index contributed by atoms with van der Waals surface area (Å²) >= 11 is 1.49. The highest BCUT2D eigenvalue weighted by atomic mass is 32.1. The van der Waals surface area contributed by atoms with Gasteiger partial charge in [0, 0.05) is 18.5 Å². The molecule has 2 aromatic heterocycles. The quantitative estimate of drug-likeness (QED) is 0.527. The van der Waals surface area contributed by atoms with Crippen LogP contribution in [0.25, 0.3) is 10.6 Å². The van der Waals surface area contributed by atoms with Gasteiger partial charge in [0.25, 0.3) is 0 Å². The number of para-hydroxylation sites is 1. The van der Waals surface area contributed by atoms with Gasteiger partial charge in [-0.1, -0.05) is 12.1 Å². The first-order chi connectivity index (χ1) is 16.0. The SMILES string of the molecule is CCOc1ccccc1-c1nc(CC(=O)Nc2ccc(N3CCCC(C(N)=O)C3)nc2)cs1. The van der Waals surface area contributed by atoms with Gasteiger partial charge in [-0.3, -0.25) is 9.59 Å². The zero-order valence-corrected chi connectivity index (χ0v) is 19.3. The monoisotopic (exact) mass is 465 g/mol. The van der Waals surface area contributed by atoms with Crippen LogP contribution in [0.3, 0.4) is 0 Å². The van der Waals surface area contributed by atoms with Crippen LogP contribution < -0.4 is 20.7 Å². The summed E-state index contributed by atoms with van der Waals surface area (Å²) in [6, 6.07) is 11.4. The molecule has 3 aromatic rings. The van der Waals surface area contributed by atoms with Gasteiger partial charge < -0.3 is 20.7 Å². The lowest BCUT2D eigenvalue weighted by molar-refractivity contribution is -0.122. The van der Waals surface area contributed by atoms with E-state index in [1.807, 2.05) is 48.7 Å². The first kappa shape index (κ1) is 22.7. The number of nitrogens with zero attached hydrogens (tertiary/aromatic N) is 3. The van der Waals surface area contributed by atoms with Crippen molar-refractivity contribution in [3.63, 3.8) is 0 Å². The van der Waals surface area contributed by atoms with Crippen molar-refractivity contribution in [3.8, 4) is 16.3 Å². The molecular weight excluding hydrogens is 438 g/mol. The Morgan fingerprint density at radius 1 is 1.27 bits per heavy atom. The second-order valence-corrected chi connectivity index (χ2v) is 8.75. The number of hydrogen-bond acceptors (Lipinski definition) is 7. The number of aromatic nitrogens is 2. The average Bonchev–Trinajstić information content (AvgIpc) is 3.28. The number of piperidine rings is 1. The molecule has 1 atom stereocenters. The minimum atomic E-state index is -0.268. The molecule has 0 aliphatic carbocycles. The smallest absolute Gasteiger partial charge is 0.230 e. The second kappa shape index (κ2) is 10.4. The summed E-state index contributed by atoms with van der Waals surface area (Å²) in [6.07, 6.45) is 3.52. The minimum absolute atomic E-state index is 0.150. The van der Waals surface area contributed by atoms with E-state index in [2.05, 4.69) is 20.2 Å². The summed E-state index contributed by atoms with van der Waals surface area (Å²) < 4.78 is 5.69. The van der Waals surface area contributed by atoms with Gasteiger partial charge >= 0.3 is 0 Å². The van der Waals surface area contributed by atoms with Crippen LogP contribution in [0.15, 0.2) is 48.0 Å². The average molecular weight is 466 g/mol. The van der Waals surface area contributed by atoms with E-state index in [0.29, 0.717) is 24.5 Å². The van der Waals surface area contributed by atoms with Gasteiger partial charge in [-0.15, -0.1) is 11.3 Å². The molecule has 3 N–H and O–H groups in total. The predicted octanol–water partition coefficient (Wildman–Crippen LogP) is 3.49. The third-order valence-corrected chi connectivity index (χ3v) is 6.41. The first-order valence-electron chi connectivity index (χ1n) is 11.0. The van der Waals surface area contributed by atoms with Crippen LogP contribution in [0.4, 0.5) is 11.5 Å². The van der Waals surface area contributed by atoms with Crippen LogP contribution >= 0.6 is 11.3 Å². The topological polar surface area (TPSA) is 110 Å². The molecule has 33 heavy (non-hydrogen) atoms. The number of primary amides is 1. The first-order valence-corrected chi connectivity index (χ1v) is 11.9. The molecule has 1 aliphatic rings. The molecule has 1 unspecified atom stereocenters. The molecule has 1 fully saturated rings. The van der Waals surface area contributed by atoms with Crippen molar-refractivity contribution in [2.45, 2.75) is 26.2 Å². The van der Waals surface area contributed by atoms with Crippen molar-refractivity contribution in [2.24, 2.45) is 11.7 Å². The van der Waals surface area contributed by atoms with E-state index in [1.165, 1.54) is 11.3 Å². The van der Waals surface area contributed by atoms with Crippen LogP contribution in [-0.2, 0) is 16.0 Å². The molecule has 8 nitrogen and oxygen atoms in total. The number of anilines is 2. The van der Waals surface area contributed by atoms with E-state index < -0.39 is 0 Å². The molecule has 0 saturated carbocycles. The van der Waals surface area contributed by atoms with Crippen LogP contribution in [0.5, 0.6) is 5.75 Å². The third kappa shape index (κ3) is 5.67. The molecule has 0 bridgehead atoms. The van der Waals surface area contributed by atoms with Crippen LogP contribution in [-0.4, -0.2) is 41.5 Å². The van der Waals surface area contributed by atoms with E-state index in [0.717, 1.165) is 41.5 Å². The summed E-state index contributed by atoms with van der Waals surface area (Å²) in [6.45, 7) is 3.93. The number of thiazole rings is 1. The number of rotatable bonds is 8. The lowest BCUT2D eigenvalue weighted by atomic mass is 9.97. The standard InChI is InChI=1S/C24H27N5O3S/c1-2-32-20-8-4-3-7-19(20)24-28-18(15-33-24)12-22(30)27-17-9-10-21(26-13-17)29-11-5-6-16(14-29)23(25)31/h3-4,7-10,13,15-16H,2,5-6,11-12,14H2,1H3,(H2,25,31)(H,27,30). The summed E-state index contributed by atoms with van der Waals surface area (Å²) in [7, 11) is 0. The van der Waals surface area contributed by atoms with Crippen molar-refractivity contribution < 1.29 is 14.3 Å². The molecule has 9 heteroatoms. The molecule has 1 saturated heterocycles. The fraction of sp³-hybridized carbons (Fsp3) is 0.333. The predicted molar refractivity (Wildman–Crippen MR) is 129 cm³/mol. The number of pyridine rings is 1. The van der Waals surface area contributed by atoms with Crippen molar-refractivity contribution >= 4 is 34.7 Å². The van der Waals surface area contributed by atoms with Crippen molar-refractivity contribution in [2.75, 3.05) is 29.9 Å². The minimum Gasteiger partial charge on any atom is -0.493 e. The Hall–Kier alpha value is -3.46. The largest absolute Gasteiger partial charge is 0.493 e. The Morgan fingerprint density at radius 2 is 2.12 bits per heavy atom. The number of ether oxygens (including phenoxy) is 1. The van der Waals surface area contributed by atoms with Crippen molar-refractivity contribution in [1.82, 2.24) is 9.97 Å². The van der Waals surface area contributed by atoms with Gasteiger partial charge in [-0.05, 0) is 44.0 Å². The number of carbonyl (C=O) groups excluding carboxylic acids is 2. The number of amides is 2. The lowest BCUT2D eigenvalue weighted by Crippen LogP contribution is -2.41. The Balaban J connectivity index is 1.36. The zero-order chi connectivity index (χ0) is 23.2. The van der Waals surface area contributed by atoms with Crippen molar-refractivity contribution in [3.05, 3.63) is 53.7 Å².